The Kier molecular flexibility index (Phi) is 2.78. The molecule has 1 atom stereocenters. The fourth-order valence-corrected chi connectivity index (χ4v) is 1.55. The number of rotatable bonds is 3. The molecule has 0 bridgehead atoms. The van der Waals surface area contributed by atoms with Crippen molar-refractivity contribution in [3.8, 4) is 0 Å². The maximum Gasteiger partial charge on any atom is 0.219 e. The summed E-state index contributed by atoms with van der Waals surface area (Å²) < 4.78 is 0. The standard InChI is InChI=1S/C7H11N3OS/c1-4-10-6(3-12-4)5(8)2-7(9)11/h3,5H,2,8H2,1H3,(H2,9,11)/t5-/m1/s1. The number of primary amides is 1. The van der Waals surface area contributed by atoms with Gasteiger partial charge in [0.05, 0.1) is 16.7 Å². The average Bonchev–Trinajstić information content (AvgIpc) is 2.34. The number of amides is 1. The first-order valence-corrected chi connectivity index (χ1v) is 4.43. The molecule has 0 saturated heterocycles. The van der Waals surface area contributed by atoms with Crippen molar-refractivity contribution in [2.24, 2.45) is 11.5 Å². The predicted octanol–water partition coefficient (Wildman–Crippen LogP) is 0.327. The van der Waals surface area contributed by atoms with Gasteiger partial charge in [-0.1, -0.05) is 0 Å². The zero-order valence-electron chi connectivity index (χ0n) is 6.78. The Bertz CT molecular complexity index is 284. The molecule has 5 heteroatoms. The molecule has 0 radical (unpaired) electrons. The van der Waals surface area contributed by atoms with E-state index < -0.39 is 5.91 Å². The number of carbonyl (C=O) groups is 1. The summed E-state index contributed by atoms with van der Waals surface area (Å²) in [5, 5.41) is 2.80. The van der Waals surface area contributed by atoms with Gasteiger partial charge in [0.2, 0.25) is 5.91 Å². The molecule has 1 amide bonds. The summed E-state index contributed by atoms with van der Waals surface area (Å²) >= 11 is 1.52. The summed E-state index contributed by atoms with van der Waals surface area (Å²) in [6, 6.07) is -0.354. The minimum absolute atomic E-state index is 0.156. The van der Waals surface area contributed by atoms with Crippen molar-refractivity contribution in [2.75, 3.05) is 0 Å². The molecule has 1 aromatic heterocycles. The monoisotopic (exact) mass is 185 g/mol. The number of nitrogens with zero attached hydrogens (tertiary/aromatic N) is 1. The van der Waals surface area contributed by atoms with Crippen LogP contribution in [0.5, 0.6) is 0 Å². The average molecular weight is 185 g/mol. The lowest BCUT2D eigenvalue weighted by Crippen LogP contribution is -2.20. The molecule has 0 aliphatic carbocycles. The van der Waals surface area contributed by atoms with Gasteiger partial charge in [-0.15, -0.1) is 11.3 Å². The topological polar surface area (TPSA) is 82.0 Å². The Morgan fingerprint density at radius 1 is 1.83 bits per heavy atom. The molecular formula is C7H11N3OS. The molecule has 1 rings (SSSR count). The fraction of sp³-hybridized carbons (Fsp3) is 0.429. The molecule has 4 N–H and O–H groups in total. The summed E-state index contributed by atoms with van der Waals surface area (Å²) in [5.41, 5.74) is 11.4. The Hall–Kier alpha value is -0.940. The summed E-state index contributed by atoms with van der Waals surface area (Å²) in [7, 11) is 0. The van der Waals surface area contributed by atoms with Crippen LogP contribution in [0.15, 0.2) is 5.38 Å². The van der Waals surface area contributed by atoms with Crippen LogP contribution in [0.4, 0.5) is 0 Å². The van der Waals surface area contributed by atoms with E-state index in [0.29, 0.717) is 0 Å². The second-order valence-corrected chi connectivity index (χ2v) is 3.63. The summed E-state index contributed by atoms with van der Waals surface area (Å²) in [5.74, 6) is -0.395. The highest BCUT2D eigenvalue weighted by atomic mass is 32.1. The summed E-state index contributed by atoms with van der Waals surface area (Å²) in [6.07, 6.45) is 0.156. The highest BCUT2D eigenvalue weighted by molar-refractivity contribution is 7.09. The van der Waals surface area contributed by atoms with Gasteiger partial charge in [-0.2, -0.15) is 0 Å². The van der Waals surface area contributed by atoms with Gasteiger partial charge in [-0.3, -0.25) is 4.79 Å². The van der Waals surface area contributed by atoms with Crippen LogP contribution in [0, 0.1) is 6.92 Å². The van der Waals surface area contributed by atoms with Gasteiger partial charge < -0.3 is 11.5 Å². The molecule has 0 fully saturated rings. The molecule has 0 saturated carbocycles. The normalized spacial score (nSPS) is 12.8. The molecule has 1 aromatic rings. The third-order valence-corrected chi connectivity index (χ3v) is 2.23. The Labute approximate surface area is 74.6 Å². The van der Waals surface area contributed by atoms with Gasteiger partial charge in [-0.25, -0.2) is 4.98 Å². The van der Waals surface area contributed by atoms with Gasteiger partial charge in [0, 0.05) is 11.8 Å². The number of hydrogen-bond acceptors (Lipinski definition) is 4. The third-order valence-electron chi connectivity index (χ3n) is 1.44. The lowest BCUT2D eigenvalue weighted by molar-refractivity contribution is -0.118. The smallest absolute Gasteiger partial charge is 0.219 e. The van der Waals surface area contributed by atoms with Crippen LogP contribution in [0.3, 0.4) is 0 Å². The van der Waals surface area contributed by atoms with Gasteiger partial charge in [0.25, 0.3) is 0 Å². The van der Waals surface area contributed by atoms with Crippen molar-refractivity contribution in [3.63, 3.8) is 0 Å². The van der Waals surface area contributed by atoms with E-state index in [0.717, 1.165) is 10.7 Å². The Morgan fingerprint density at radius 3 is 2.92 bits per heavy atom. The molecule has 0 spiro atoms. The highest BCUT2D eigenvalue weighted by Crippen LogP contribution is 2.16. The minimum atomic E-state index is -0.395. The maximum absolute atomic E-state index is 10.5. The van der Waals surface area contributed by atoms with E-state index in [4.69, 9.17) is 11.5 Å². The first-order chi connectivity index (χ1) is 5.59. The molecule has 0 unspecified atom stereocenters. The molecule has 12 heavy (non-hydrogen) atoms. The Balaban J connectivity index is 2.64. The van der Waals surface area contributed by atoms with Crippen molar-refractivity contribution >= 4 is 17.2 Å². The Morgan fingerprint density at radius 2 is 2.50 bits per heavy atom. The van der Waals surface area contributed by atoms with Crippen molar-refractivity contribution in [3.05, 3.63) is 16.1 Å². The van der Waals surface area contributed by atoms with Gasteiger partial charge >= 0.3 is 0 Å². The van der Waals surface area contributed by atoms with E-state index in [1.807, 2.05) is 12.3 Å². The van der Waals surface area contributed by atoms with E-state index in [1.165, 1.54) is 11.3 Å². The molecule has 0 aliphatic rings. The van der Waals surface area contributed by atoms with E-state index >= 15 is 0 Å². The second-order valence-electron chi connectivity index (χ2n) is 2.57. The first-order valence-electron chi connectivity index (χ1n) is 3.55. The van der Waals surface area contributed by atoms with Gasteiger partial charge in [0.1, 0.15) is 0 Å². The SMILES string of the molecule is Cc1nc([C@H](N)CC(N)=O)cs1. The number of aryl methyl sites for hydroxylation is 1. The van der Waals surface area contributed by atoms with Gasteiger partial charge in [-0.05, 0) is 6.92 Å². The van der Waals surface area contributed by atoms with Crippen LogP contribution in [0.1, 0.15) is 23.2 Å². The lowest BCUT2D eigenvalue weighted by Gasteiger charge is -2.04. The third kappa shape index (κ3) is 2.28. The van der Waals surface area contributed by atoms with Crippen molar-refractivity contribution in [1.29, 1.82) is 0 Å². The molecule has 4 nitrogen and oxygen atoms in total. The molecule has 1 heterocycles. The second kappa shape index (κ2) is 3.64. The van der Waals surface area contributed by atoms with Crippen molar-refractivity contribution < 1.29 is 4.79 Å². The van der Waals surface area contributed by atoms with Crippen LogP contribution >= 0.6 is 11.3 Å². The first kappa shape index (κ1) is 9.15. The maximum atomic E-state index is 10.5. The number of carbonyl (C=O) groups excluding carboxylic acids is 1. The zero-order valence-corrected chi connectivity index (χ0v) is 7.60. The van der Waals surface area contributed by atoms with Crippen molar-refractivity contribution in [2.45, 2.75) is 19.4 Å². The van der Waals surface area contributed by atoms with Crippen molar-refractivity contribution in [1.82, 2.24) is 4.98 Å². The minimum Gasteiger partial charge on any atom is -0.370 e. The number of hydrogen-bond donors (Lipinski definition) is 2. The highest BCUT2D eigenvalue weighted by Gasteiger charge is 2.11. The van der Waals surface area contributed by atoms with Crippen LogP contribution in [0.2, 0.25) is 0 Å². The van der Waals surface area contributed by atoms with Crippen LogP contribution in [-0.4, -0.2) is 10.9 Å². The van der Waals surface area contributed by atoms with E-state index in [9.17, 15) is 4.79 Å². The van der Waals surface area contributed by atoms with Crippen LogP contribution in [-0.2, 0) is 4.79 Å². The number of aromatic nitrogens is 1. The van der Waals surface area contributed by atoms with Crippen LogP contribution in [0.25, 0.3) is 0 Å². The van der Waals surface area contributed by atoms with Gasteiger partial charge in [0.15, 0.2) is 0 Å². The van der Waals surface area contributed by atoms with Crippen LogP contribution < -0.4 is 11.5 Å². The molecule has 0 aromatic carbocycles. The molecule has 66 valence electrons. The molecule has 0 aliphatic heterocycles. The molecular weight excluding hydrogens is 174 g/mol. The lowest BCUT2D eigenvalue weighted by atomic mass is 10.2. The summed E-state index contributed by atoms with van der Waals surface area (Å²) in [4.78, 5) is 14.7. The number of thiazole rings is 1. The number of nitrogens with two attached hydrogens (primary N) is 2. The van der Waals surface area contributed by atoms with E-state index in [-0.39, 0.29) is 12.5 Å². The van der Waals surface area contributed by atoms with E-state index in [2.05, 4.69) is 4.98 Å². The predicted molar refractivity (Wildman–Crippen MR) is 47.6 cm³/mol. The zero-order chi connectivity index (χ0) is 9.14. The van der Waals surface area contributed by atoms with E-state index in [1.54, 1.807) is 0 Å². The fourth-order valence-electron chi connectivity index (χ4n) is 0.872. The largest absolute Gasteiger partial charge is 0.370 e. The summed E-state index contributed by atoms with van der Waals surface area (Å²) in [6.45, 7) is 1.89. The quantitative estimate of drug-likeness (QED) is 0.711.